The van der Waals surface area contributed by atoms with Gasteiger partial charge in [0.2, 0.25) is 0 Å². The molecule has 2 unspecified atom stereocenters. The molecule has 0 heterocycles. The minimum absolute atomic E-state index is 0.0178. The first-order valence-corrected chi connectivity index (χ1v) is 7.64. The third-order valence-electron chi connectivity index (χ3n) is 3.59. The zero-order valence-electron chi connectivity index (χ0n) is 14.1. The number of ether oxygens (including phenoxy) is 1. The van der Waals surface area contributed by atoms with Crippen molar-refractivity contribution in [3.8, 4) is 5.75 Å². The summed E-state index contributed by atoms with van der Waals surface area (Å²) in [6, 6.07) is 16.2. The van der Waals surface area contributed by atoms with Gasteiger partial charge in [-0.25, -0.2) is 0 Å². The number of carbonyl (C=O) groups excluding carboxylic acids is 1. The maximum Gasteiger partial charge on any atom is 0.258 e. The average Bonchev–Trinajstić information content (AvgIpc) is 2.52. The molecule has 122 valence electrons. The van der Waals surface area contributed by atoms with Crippen LogP contribution >= 0.6 is 0 Å². The number of hydrogen-bond acceptors (Lipinski definition) is 3. The lowest BCUT2D eigenvalue weighted by atomic mass is 10.0. The van der Waals surface area contributed by atoms with E-state index in [1.807, 2.05) is 39.3 Å². The summed E-state index contributed by atoms with van der Waals surface area (Å²) < 4.78 is 6.37. The molecular weight excluding hydrogens is 290 g/mol. The molecule has 0 saturated heterocycles. The van der Waals surface area contributed by atoms with Crippen molar-refractivity contribution in [1.29, 1.82) is 0 Å². The number of likely N-dealkylation sites (N-methyl/N-ethyl adjacent to an activating group) is 1. The van der Waals surface area contributed by atoms with Crippen molar-refractivity contribution in [2.75, 3.05) is 21.1 Å². The topological polar surface area (TPSA) is 46.5 Å². The SMILES string of the molecule is CC(O)C(Oc1ccc(C(=O)c2ccccc2)cc1)[N+](C)(C)C. The Balaban J connectivity index is 2.15. The fourth-order valence-corrected chi connectivity index (χ4v) is 2.48. The number of hydrogen-bond donors (Lipinski definition) is 1. The molecule has 2 aromatic carbocycles. The summed E-state index contributed by atoms with van der Waals surface area (Å²) in [4.78, 5) is 12.4. The zero-order chi connectivity index (χ0) is 17.0. The van der Waals surface area contributed by atoms with Crippen molar-refractivity contribution in [2.24, 2.45) is 0 Å². The van der Waals surface area contributed by atoms with Crippen LogP contribution in [0, 0.1) is 0 Å². The molecule has 0 fully saturated rings. The monoisotopic (exact) mass is 314 g/mol. The molecule has 4 nitrogen and oxygen atoms in total. The second-order valence-electron chi connectivity index (χ2n) is 6.58. The lowest BCUT2D eigenvalue weighted by molar-refractivity contribution is -0.918. The van der Waals surface area contributed by atoms with Crippen LogP contribution in [0.4, 0.5) is 0 Å². The molecule has 0 spiro atoms. The van der Waals surface area contributed by atoms with E-state index < -0.39 is 6.10 Å². The molecule has 23 heavy (non-hydrogen) atoms. The Morgan fingerprint density at radius 3 is 1.96 bits per heavy atom. The normalized spacial score (nSPS) is 14.1. The van der Waals surface area contributed by atoms with Gasteiger partial charge in [0.1, 0.15) is 11.9 Å². The highest BCUT2D eigenvalue weighted by molar-refractivity contribution is 6.08. The van der Waals surface area contributed by atoms with Crippen LogP contribution in [-0.4, -0.2) is 48.8 Å². The van der Waals surface area contributed by atoms with Gasteiger partial charge in [0.25, 0.3) is 6.23 Å². The smallest absolute Gasteiger partial charge is 0.258 e. The van der Waals surface area contributed by atoms with Crippen molar-refractivity contribution in [2.45, 2.75) is 19.3 Å². The predicted octanol–water partition coefficient (Wildman–Crippen LogP) is 2.71. The molecule has 2 atom stereocenters. The van der Waals surface area contributed by atoms with E-state index in [-0.39, 0.29) is 12.0 Å². The number of nitrogens with zero attached hydrogens (tertiary/aromatic N) is 1. The van der Waals surface area contributed by atoms with Crippen LogP contribution in [0.5, 0.6) is 5.75 Å². The van der Waals surface area contributed by atoms with Gasteiger partial charge in [-0.1, -0.05) is 30.3 Å². The number of aliphatic hydroxyl groups is 1. The van der Waals surface area contributed by atoms with Crippen LogP contribution in [0.25, 0.3) is 0 Å². The lowest BCUT2D eigenvalue weighted by Gasteiger charge is -2.35. The van der Waals surface area contributed by atoms with Crippen molar-refractivity contribution >= 4 is 5.78 Å². The highest BCUT2D eigenvalue weighted by Gasteiger charge is 2.30. The Kier molecular flexibility index (Phi) is 5.19. The number of rotatable bonds is 6. The van der Waals surface area contributed by atoms with Crippen LogP contribution in [-0.2, 0) is 0 Å². The molecule has 0 saturated carbocycles. The summed E-state index contributed by atoms with van der Waals surface area (Å²) in [5, 5.41) is 9.91. The van der Waals surface area contributed by atoms with Gasteiger partial charge < -0.3 is 9.84 Å². The average molecular weight is 314 g/mol. The third-order valence-corrected chi connectivity index (χ3v) is 3.59. The quantitative estimate of drug-likeness (QED) is 0.506. The number of ketones is 1. The van der Waals surface area contributed by atoms with E-state index in [1.54, 1.807) is 43.3 Å². The number of aliphatic hydroxyl groups excluding tert-OH is 1. The van der Waals surface area contributed by atoms with Crippen LogP contribution < -0.4 is 4.74 Å². The highest BCUT2D eigenvalue weighted by Crippen LogP contribution is 2.20. The van der Waals surface area contributed by atoms with E-state index >= 15 is 0 Å². The summed E-state index contributed by atoms with van der Waals surface area (Å²) >= 11 is 0. The summed E-state index contributed by atoms with van der Waals surface area (Å²) in [6.07, 6.45) is -0.994. The third kappa shape index (κ3) is 4.41. The fourth-order valence-electron chi connectivity index (χ4n) is 2.48. The maximum atomic E-state index is 12.4. The fraction of sp³-hybridized carbons (Fsp3) is 0.316. The minimum Gasteiger partial charge on any atom is -0.440 e. The second-order valence-corrected chi connectivity index (χ2v) is 6.58. The maximum absolute atomic E-state index is 12.4. The summed E-state index contributed by atoms with van der Waals surface area (Å²) in [5.74, 6) is 0.615. The molecule has 0 aliphatic carbocycles. The molecule has 0 aliphatic heterocycles. The van der Waals surface area contributed by atoms with Crippen LogP contribution in [0.1, 0.15) is 22.8 Å². The van der Waals surface area contributed by atoms with Gasteiger partial charge in [-0.05, 0) is 31.2 Å². The molecule has 0 bridgehead atoms. The molecular formula is C19H24NO3+. The van der Waals surface area contributed by atoms with Gasteiger partial charge >= 0.3 is 0 Å². The van der Waals surface area contributed by atoms with E-state index in [2.05, 4.69) is 0 Å². The van der Waals surface area contributed by atoms with Gasteiger partial charge in [0.05, 0.1) is 21.1 Å². The first kappa shape index (κ1) is 17.2. The molecule has 1 N–H and O–H groups in total. The highest BCUT2D eigenvalue weighted by atomic mass is 16.5. The van der Waals surface area contributed by atoms with Crippen molar-refractivity contribution < 1.29 is 19.1 Å². The lowest BCUT2D eigenvalue weighted by Crippen LogP contribution is -2.54. The van der Waals surface area contributed by atoms with Crippen molar-refractivity contribution in [1.82, 2.24) is 0 Å². The Labute approximate surface area is 137 Å². The Bertz CT molecular complexity index is 643. The van der Waals surface area contributed by atoms with E-state index in [4.69, 9.17) is 4.74 Å². The predicted molar refractivity (Wildman–Crippen MR) is 90.4 cm³/mol. The van der Waals surface area contributed by atoms with Crippen LogP contribution in [0.15, 0.2) is 54.6 Å². The number of benzene rings is 2. The van der Waals surface area contributed by atoms with Gasteiger partial charge in [0.15, 0.2) is 5.78 Å². The Morgan fingerprint density at radius 1 is 0.957 bits per heavy atom. The van der Waals surface area contributed by atoms with E-state index in [1.165, 1.54) is 0 Å². The van der Waals surface area contributed by atoms with Crippen molar-refractivity contribution in [3.63, 3.8) is 0 Å². The number of carbonyl (C=O) groups is 1. The minimum atomic E-state index is -0.611. The molecule has 0 radical (unpaired) electrons. The zero-order valence-corrected chi connectivity index (χ0v) is 14.1. The van der Waals surface area contributed by atoms with E-state index in [0.717, 1.165) is 0 Å². The molecule has 4 heteroatoms. The molecule has 0 aromatic heterocycles. The summed E-state index contributed by atoms with van der Waals surface area (Å²) in [5.41, 5.74) is 1.27. The van der Waals surface area contributed by atoms with E-state index in [9.17, 15) is 9.90 Å². The Morgan fingerprint density at radius 2 is 1.48 bits per heavy atom. The van der Waals surface area contributed by atoms with Crippen LogP contribution in [0.2, 0.25) is 0 Å². The van der Waals surface area contributed by atoms with Crippen LogP contribution in [0.3, 0.4) is 0 Å². The van der Waals surface area contributed by atoms with Crippen molar-refractivity contribution in [3.05, 3.63) is 65.7 Å². The van der Waals surface area contributed by atoms with Gasteiger partial charge in [-0.2, -0.15) is 0 Å². The summed E-state index contributed by atoms with van der Waals surface area (Å²) in [6.45, 7) is 1.71. The van der Waals surface area contributed by atoms with Gasteiger partial charge in [0, 0.05) is 11.1 Å². The van der Waals surface area contributed by atoms with E-state index in [0.29, 0.717) is 21.4 Å². The first-order valence-electron chi connectivity index (χ1n) is 7.64. The largest absolute Gasteiger partial charge is 0.440 e. The number of quaternary nitrogens is 1. The first-order chi connectivity index (χ1) is 10.8. The molecule has 0 amide bonds. The summed E-state index contributed by atoms with van der Waals surface area (Å²) in [7, 11) is 5.89. The van der Waals surface area contributed by atoms with Gasteiger partial charge in [-0.3, -0.25) is 9.28 Å². The Hall–Kier alpha value is -2.17. The molecule has 2 rings (SSSR count). The second kappa shape index (κ2) is 6.94. The van der Waals surface area contributed by atoms with Gasteiger partial charge in [-0.15, -0.1) is 0 Å². The standard InChI is InChI=1S/C19H24NO3/c1-14(21)19(20(2,3)4)23-17-12-10-16(11-13-17)18(22)15-8-6-5-7-9-15/h5-14,19,21H,1-4H3/q+1. The molecule has 0 aliphatic rings. The molecule has 2 aromatic rings.